The molecule has 0 unspecified atom stereocenters. The van der Waals surface area contributed by atoms with Crippen molar-refractivity contribution in [3.8, 4) is 6.07 Å². The number of nitrogens with one attached hydrogen (secondary N) is 1. The predicted molar refractivity (Wildman–Crippen MR) is 127 cm³/mol. The molecule has 0 bridgehead atoms. The Balaban J connectivity index is 1.89. The van der Waals surface area contributed by atoms with E-state index in [1.807, 2.05) is 43.9 Å². The summed E-state index contributed by atoms with van der Waals surface area (Å²) in [5.41, 5.74) is 4.73. The van der Waals surface area contributed by atoms with Crippen LogP contribution in [0.2, 0.25) is 0 Å². The van der Waals surface area contributed by atoms with Crippen LogP contribution in [0.15, 0.2) is 29.8 Å². The van der Waals surface area contributed by atoms with Gasteiger partial charge in [-0.1, -0.05) is 26.0 Å². The van der Waals surface area contributed by atoms with Crippen molar-refractivity contribution in [2.24, 2.45) is 5.92 Å². The number of aromatic nitrogens is 1. The second-order valence-electron chi connectivity index (χ2n) is 8.95. The van der Waals surface area contributed by atoms with E-state index in [1.165, 1.54) is 0 Å². The van der Waals surface area contributed by atoms with Crippen molar-refractivity contribution in [2.75, 3.05) is 18.4 Å². The van der Waals surface area contributed by atoms with Crippen molar-refractivity contribution < 1.29 is 9.59 Å². The lowest BCUT2D eigenvalue weighted by Crippen LogP contribution is -2.29. The fraction of sp³-hybridized carbons (Fsp3) is 0.423. The van der Waals surface area contributed by atoms with Crippen LogP contribution in [0, 0.1) is 38.0 Å². The summed E-state index contributed by atoms with van der Waals surface area (Å²) in [6, 6.07) is 9.42. The first kappa shape index (κ1) is 23.3. The number of nitriles is 1. The minimum Gasteiger partial charge on any atom is -0.348 e. The van der Waals surface area contributed by atoms with Crippen molar-refractivity contribution in [3.05, 3.63) is 57.9 Å². The third-order valence-corrected chi connectivity index (χ3v) is 5.95. The molecule has 0 saturated carbocycles. The van der Waals surface area contributed by atoms with Crippen LogP contribution in [0.25, 0.3) is 6.08 Å². The van der Waals surface area contributed by atoms with Crippen LogP contribution in [-0.4, -0.2) is 34.4 Å². The second-order valence-corrected chi connectivity index (χ2v) is 8.95. The van der Waals surface area contributed by atoms with E-state index in [2.05, 4.69) is 23.7 Å². The highest BCUT2D eigenvalue weighted by atomic mass is 16.2. The SMILES string of the molecule is Cc1cccc(NC(=O)/C(C#N)=C\c2cc(C)n(CC(C)C)c2C)c1C(=O)N1CCCC1. The van der Waals surface area contributed by atoms with E-state index >= 15 is 0 Å². The van der Waals surface area contributed by atoms with E-state index in [4.69, 9.17) is 0 Å². The predicted octanol–water partition coefficient (Wildman–Crippen LogP) is 4.85. The maximum atomic E-state index is 13.1. The average Bonchev–Trinajstić information content (AvgIpc) is 3.36. The average molecular weight is 433 g/mol. The third-order valence-electron chi connectivity index (χ3n) is 5.95. The lowest BCUT2D eigenvalue weighted by Gasteiger charge is -2.19. The number of hydrogen-bond acceptors (Lipinski definition) is 3. The Labute approximate surface area is 190 Å². The summed E-state index contributed by atoms with van der Waals surface area (Å²) in [5.74, 6) is -0.0962. The minimum absolute atomic E-state index is 0.0101. The van der Waals surface area contributed by atoms with E-state index in [1.54, 1.807) is 18.2 Å². The molecule has 2 heterocycles. The van der Waals surface area contributed by atoms with Gasteiger partial charge in [0.15, 0.2) is 0 Å². The smallest absolute Gasteiger partial charge is 0.266 e. The van der Waals surface area contributed by atoms with Crippen LogP contribution in [0.5, 0.6) is 0 Å². The molecule has 2 aromatic rings. The number of benzene rings is 1. The van der Waals surface area contributed by atoms with E-state index in [9.17, 15) is 14.9 Å². The summed E-state index contributed by atoms with van der Waals surface area (Å²) in [6.45, 7) is 12.6. The normalized spacial score (nSPS) is 14.0. The quantitative estimate of drug-likeness (QED) is 0.523. The molecule has 0 aliphatic carbocycles. The van der Waals surface area contributed by atoms with Crippen LogP contribution in [0.4, 0.5) is 5.69 Å². The van der Waals surface area contributed by atoms with Crippen LogP contribution >= 0.6 is 0 Å². The van der Waals surface area contributed by atoms with E-state index < -0.39 is 5.91 Å². The van der Waals surface area contributed by atoms with Crippen molar-refractivity contribution in [2.45, 2.75) is 54.0 Å². The first-order valence-electron chi connectivity index (χ1n) is 11.2. The number of amides is 2. The molecule has 2 amide bonds. The number of rotatable bonds is 6. The molecule has 1 N–H and O–H groups in total. The molecule has 0 radical (unpaired) electrons. The van der Waals surface area contributed by atoms with E-state index in [0.717, 1.165) is 55.0 Å². The molecule has 1 aromatic heterocycles. The maximum absolute atomic E-state index is 13.1. The van der Waals surface area contributed by atoms with Gasteiger partial charge in [0.2, 0.25) is 0 Å². The van der Waals surface area contributed by atoms with Gasteiger partial charge in [-0.05, 0) is 68.9 Å². The van der Waals surface area contributed by atoms with Gasteiger partial charge in [-0.25, -0.2) is 0 Å². The van der Waals surface area contributed by atoms with Gasteiger partial charge in [0.05, 0.1) is 11.3 Å². The number of carbonyl (C=O) groups excluding carboxylic acids is 2. The number of nitrogens with zero attached hydrogens (tertiary/aromatic N) is 3. The fourth-order valence-electron chi connectivity index (χ4n) is 4.25. The number of carbonyl (C=O) groups is 2. The van der Waals surface area contributed by atoms with Gasteiger partial charge in [0.1, 0.15) is 11.6 Å². The Morgan fingerprint density at radius 3 is 2.50 bits per heavy atom. The van der Waals surface area contributed by atoms with Crippen molar-refractivity contribution in [3.63, 3.8) is 0 Å². The number of hydrogen-bond donors (Lipinski definition) is 1. The number of aryl methyl sites for hydroxylation is 2. The second kappa shape index (κ2) is 9.86. The van der Waals surface area contributed by atoms with Gasteiger partial charge in [0, 0.05) is 31.0 Å². The van der Waals surface area contributed by atoms with Crippen LogP contribution in [0.1, 0.15) is 59.6 Å². The molecule has 1 aliphatic rings. The Hall–Kier alpha value is -3.33. The molecule has 1 saturated heterocycles. The molecule has 0 spiro atoms. The lowest BCUT2D eigenvalue weighted by molar-refractivity contribution is -0.112. The summed E-state index contributed by atoms with van der Waals surface area (Å²) in [5, 5.41) is 12.5. The Bertz CT molecular complexity index is 1100. The summed E-state index contributed by atoms with van der Waals surface area (Å²) < 4.78 is 2.21. The third kappa shape index (κ3) is 4.94. The Kier molecular flexibility index (Phi) is 7.19. The topological polar surface area (TPSA) is 78.1 Å². The maximum Gasteiger partial charge on any atom is 0.266 e. The van der Waals surface area contributed by atoms with Gasteiger partial charge >= 0.3 is 0 Å². The first-order chi connectivity index (χ1) is 15.2. The van der Waals surface area contributed by atoms with Gasteiger partial charge in [-0.3, -0.25) is 9.59 Å². The lowest BCUT2D eigenvalue weighted by atomic mass is 10.0. The Morgan fingerprint density at radius 2 is 1.88 bits per heavy atom. The van der Waals surface area contributed by atoms with E-state index in [0.29, 0.717) is 17.2 Å². The first-order valence-corrected chi connectivity index (χ1v) is 11.2. The molecule has 1 fully saturated rings. The van der Waals surface area contributed by atoms with Gasteiger partial charge in [-0.15, -0.1) is 0 Å². The monoisotopic (exact) mass is 432 g/mol. The Morgan fingerprint density at radius 1 is 1.19 bits per heavy atom. The van der Waals surface area contributed by atoms with Crippen molar-refractivity contribution in [1.82, 2.24) is 9.47 Å². The number of anilines is 1. The van der Waals surface area contributed by atoms with Gasteiger partial charge < -0.3 is 14.8 Å². The molecule has 1 aromatic carbocycles. The highest BCUT2D eigenvalue weighted by Gasteiger charge is 2.24. The minimum atomic E-state index is -0.512. The van der Waals surface area contributed by atoms with Gasteiger partial charge in [0.25, 0.3) is 11.8 Å². The largest absolute Gasteiger partial charge is 0.348 e. The molecule has 32 heavy (non-hydrogen) atoms. The zero-order valence-corrected chi connectivity index (χ0v) is 19.7. The molecule has 168 valence electrons. The zero-order chi connectivity index (χ0) is 23.4. The zero-order valence-electron chi connectivity index (χ0n) is 19.7. The van der Waals surface area contributed by atoms with Crippen LogP contribution in [0.3, 0.4) is 0 Å². The standard InChI is InChI=1S/C26H32N4O2/c1-17(2)16-30-19(4)13-21(20(30)5)14-22(15-27)25(31)28-23-10-8-9-18(3)24(23)26(32)29-11-6-7-12-29/h8-10,13-14,17H,6-7,11-12,16H2,1-5H3,(H,28,31)/b22-14-. The summed E-state index contributed by atoms with van der Waals surface area (Å²) >= 11 is 0. The molecular formula is C26H32N4O2. The summed E-state index contributed by atoms with van der Waals surface area (Å²) in [6.07, 6.45) is 3.62. The van der Waals surface area contributed by atoms with Crippen molar-refractivity contribution in [1.29, 1.82) is 5.26 Å². The molecular weight excluding hydrogens is 400 g/mol. The fourth-order valence-corrected chi connectivity index (χ4v) is 4.25. The van der Waals surface area contributed by atoms with Crippen molar-refractivity contribution >= 4 is 23.6 Å². The molecule has 6 heteroatoms. The highest BCUT2D eigenvalue weighted by Crippen LogP contribution is 2.25. The molecule has 0 atom stereocenters. The molecule has 1 aliphatic heterocycles. The molecule has 6 nitrogen and oxygen atoms in total. The van der Waals surface area contributed by atoms with Crippen LogP contribution < -0.4 is 5.32 Å². The summed E-state index contributed by atoms with van der Waals surface area (Å²) in [4.78, 5) is 27.9. The highest BCUT2D eigenvalue weighted by molar-refractivity contribution is 6.13. The van der Waals surface area contributed by atoms with Gasteiger partial charge in [-0.2, -0.15) is 5.26 Å². The summed E-state index contributed by atoms with van der Waals surface area (Å²) in [7, 11) is 0. The number of likely N-dealkylation sites (tertiary alicyclic amines) is 1. The van der Waals surface area contributed by atoms with E-state index in [-0.39, 0.29) is 11.5 Å². The van der Waals surface area contributed by atoms with Crippen LogP contribution in [-0.2, 0) is 11.3 Å². The molecule has 3 rings (SSSR count).